The quantitative estimate of drug-likeness (QED) is 0.454. The highest BCUT2D eigenvalue weighted by atomic mass is 32.1. The highest BCUT2D eigenvalue weighted by Crippen LogP contribution is 2.46. The van der Waals surface area contributed by atoms with Gasteiger partial charge in [-0.1, -0.05) is 12.6 Å². The third-order valence-corrected chi connectivity index (χ3v) is 7.58. The Balaban J connectivity index is 1.50. The molecule has 1 unspecified atom stereocenters. The molecule has 2 aromatic heterocycles. The van der Waals surface area contributed by atoms with Gasteiger partial charge in [0.2, 0.25) is 5.91 Å². The summed E-state index contributed by atoms with van der Waals surface area (Å²) in [7, 11) is 0. The predicted octanol–water partition coefficient (Wildman–Crippen LogP) is 5.21. The van der Waals surface area contributed by atoms with E-state index in [1.807, 2.05) is 0 Å². The predicted molar refractivity (Wildman–Crippen MR) is 134 cm³/mol. The van der Waals surface area contributed by atoms with E-state index in [9.17, 15) is 27.6 Å². The number of hydrogen-bond acceptors (Lipinski definition) is 5. The molecule has 8 nitrogen and oxygen atoms in total. The number of piperidine rings is 1. The zero-order chi connectivity index (χ0) is 26.5. The number of carbonyl (C=O) groups excluding carboxylic acids is 3. The number of rotatable bonds is 4. The summed E-state index contributed by atoms with van der Waals surface area (Å²) in [4.78, 5) is 46.2. The van der Waals surface area contributed by atoms with Gasteiger partial charge in [-0.05, 0) is 49.6 Å². The number of aromatic nitrogens is 1. The Hall–Kier alpha value is -3.93. The summed E-state index contributed by atoms with van der Waals surface area (Å²) in [5, 5.41) is 6.09. The zero-order valence-corrected chi connectivity index (χ0v) is 20.5. The number of aryl methyl sites for hydroxylation is 1. The maximum absolute atomic E-state index is 13.5. The summed E-state index contributed by atoms with van der Waals surface area (Å²) in [5.41, 5.74) is -0.160. The van der Waals surface area contributed by atoms with Gasteiger partial charge in [0.15, 0.2) is 0 Å². The lowest BCUT2D eigenvalue weighted by molar-refractivity contribution is -0.138. The number of halogens is 3. The highest BCUT2D eigenvalue weighted by Gasteiger charge is 2.36. The molecule has 0 aliphatic carbocycles. The van der Waals surface area contributed by atoms with Crippen LogP contribution in [-0.4, -0.2) is 46.9 Å². The number of nitrogens with one attached hydrogen (secondary N) is 2. The molecule has 2 aliphatic rings. The molecular formula is C25H22F3N5O3S. The number of nitrogens with zero attached hydrogens (tertiary/aromatic N) is 3. The van der Waals surface area contributed by atoms with Gasteiger partial charge in [0.05, 0.1) is 28.0 Å². The van der Waals surface area contributed by atoms with Crippen molar-refractivity contribution >= 4 is 56.5 Å². The van der Waals surface area contributed by atoms with Crippen molar-refractivity contribution in [2.75, 3.05) is 23.3 Å². The fourth-order valence-corrected chi connectivity index (χ4v) is 5.75. The van der Waals surface area contributed by atoms with Crippen LogP contribution in [0, 0.1) is 6.92 Å². The lowest BCUT2D eigenvalue weighted by Crippen LogP contribution is -2.49. The molecule has 0 saturated carbocycles. The first-order valence-electron chi connectivity index (χ1n) is 11.5. The third kappa shape index (κ3) is 4.41. The molecule has 5 rings (SSSR count). The van der Waals surface area contributed by atoms with Crippen molar-refractivity contribution in [1.29, 1.82) is 0 Å². The topological polar surface area (TPSA) is 94.6 Å². The molecule has 1 fully saturated rings. The average molecular weight is 530 g/mol. The van der Waals surface area contributed by atoms with Crippen LogP contribution in [0.5, 0.6) is 0 Å². The van der Waals surface area contributed by atoms with Crippen LogP contribution in [0.4, 0.5) is 35.0 Å². The van der Waals surface area contributed by atoms with Crippen molar-refractivity contribution in [3.63, 3.8) is 0 Å². The van der Waals surface area contributed by atoms with E-state index in [2.05, 4.69) is 22.2 Å². The van der Waals surface area contributed by atoms with Crippen molar-refractivity contribution in [3.05, 3.63) is 59.1 Å². The Morgan fingerprint density at radius 2 is 2.08 bits per heavy atom. The number of carbonyl (C=O) groups is 3. The van der Waals surface area contributed by atoms with E-state index < -0.39 is 23.7 Å². The van der Waals surface area contributed by atoms with Crippen molar-refractivity contribution in [2.45, 2.75) is 32.0 Å². The summed E-state index contributed by atoms with van der Waals surface area (Å²) in [6.07, 6.45) is -0.489. The molecule has 3 aromatic rings. The lowest BCUT2D eigenvalue weighted by Gasteiger charge is -2.32. The van der Waals surface area contributed by atoms with Gasteiger partial charge in [0.1, 0.15) is 9.71 Å². The van der Waals surface area contributed by atoms with Gasteiger partial charge in [0, 0.05) is 25.3 Å². The van der Waals surface area contributed by atoms with E-state index in [0.717, 1.165) is 28.7 Å². The van der Waals surface area contributed by atoms with Gasteiger partial charge in [-0.2, -0.15) is 13.2 Å². The van der Waals surface area contributed by atoms with Gasteiger partial charge >= 0.3 is 12.2 Å². The lowest BCUT2D eigenvalue weighted by atomic mass is 10.0. The van der Waals surface area contributed by atoms with Crippen LogP contribution in [0.1, 0.15) is 33.6 Å². The molecule has 0 radical (unpaired) electrons. The molecule has 1 saturated heterocycles. The van der Waals surface area contributed by atoms with Crippen LogP contribution in [0.2, 0.25) is 0 Å². The molecule has 4 amide bonds. The van der Waals surface area contributed by atoms with Gasteiger partial charge in [-0.3, -0.25) is 14.5 Å². The van der Waals surface area contributed by atoms with Crippen molar-refractivity contribution < 1.29 is 27.6 Å². The second-order valence-corrected chi connectivity index (χ2v) is 9.88. The number of likely N-dealkylation sites (tertiary alicyclic amines) is 1. The molecule has 0 bridgehead atoms. The number of anilines is 3. The molecule has 2 aliphatic heterocycles. The van der Waals surface area contributed by atoms with Crippen LogP contribution in [0.25, 0.3) is 10.2 Å². The van der Waals surface area contributed by atoms with E-state index in [1.165, 1.54) is 37.4 Å². The fraction of sp³-hybridized carbons (Fsp3) is 0.280. The van der Waals surface area contributed by atoms with Crippen LogP contribution in [0.3, 0.4) is 0 Å². The summed E-state index contributed by atoms with van der Waals surface area (Å²) in [6, 6.07) is 4.26. The highest BCUT2D eigenvalue weighted by molar-refractivity contribution is 7.21. The zero-order valence-electron chi connectivity index (χ0n) is 19.7. The smallest absolute Gasteiger partial charge is 0.347 e. The van der Waals surface area contributed by atoms with Gasteiger partial charge in [0.25, 0.3) is 5.91 Å². The van der Waals surface area contributed by atoms with E-state index in [1.54, 1.807) is 4.90 Å². The van der Waals surface area contributed by atoms with Gasteiger partial charge in [-0.25, -0.2) is 9.78 Å². The SMILES string of the molecule is C=CC(=O)N1CCCC(NC(=O)c2sc3nccc4c3c2NC(=O)N4c2ccc(C)c(C(F)(F)F)c2)C1. The minimum absolute atomic E-state index is 0.0415. The van der Waals surface area contributed by atoms with Crippen LogP contribution < -0.4 is 15.5 Å². The number of alkyl halides is 3. The number of hydrogen-bond donors (Lipinski definition) is 2. The first-order chi connectivity index (χ1) is 17.6. The Kier molecular flexibility index (Phi) is 6.14. The van der Waals surface area contributed by atoms with E-state index in [4.69, 9.17) is 0 Å². The van der Waals surface area contributed by atoms with Crippen molar-refractivity contribution in [2.24, 2.45) is 0 Å². The van der Waals surface area contributed by atoms with Crippen molar-refractivity contribution in [3.8, 4) is 0 Å². The Morgan fingerprint density at radius 1 is 1.30 bits per heavy atom. The largest absolute Gasteiger partial charge is 0.416 e. The number of thiophene rings is 1. The molecular weight excluding hydrogens is 507 g/mol. The third-order valence-electron chi connectivity index (χ3n) is 6.48. The number of urea groups is 1. The number of amides is 4. The fourth-order valence-electron chi connectivity index (χ4n) is 4.73. The summed E-state index contributed by atoms with van der Waals surface area (Å²) in [6.45, 7) is 5.78. The second kappa shape index (κ2) is 9.18. The monoisotopic (exact) mass is 529 g/mol. The molecule has 12 heteroatoms. The Bertz CT molecular complexity index is 1450. The normalized spacial score (nSPS) is 17.5. The van der Waals surface area contributed by atoms with Crippen LogP contribution in [0.15, 0.2) is 43.1 Å². The minimum Gasteiger partial charge on any atom is -0.347 e. The average Bonchev–Trinajstić information content (AvgIpc) is 3.23. The summed E-state index contributed by atoms with van der Waals surface area (Å²) < 4.78 is 40.6. The van der Waals surface area contributed by atoms with Crippen LogP contribution >= 0.6 is 11.3 Å². The van der Waals surface area contributed by atoms with E-state index >= 15 is 0 Å². The molecule has 37 heavy (non-hydrogen) atoms. The van der Waals surface area contributed by atoms with Gasteiger partial charge in [-0.15, -0.1) is 11.3 Å². The van der Waals surface area contributed by atoms with Crippen molar-refractivity contribution in [1.82, 2.24) is 15.2 Å². The van der Waals surface area contributed by atoms with Crippen LogP contribution in [-0.2, 0) is 11.0 Å². The number of benzene rings is 1. The molecule has 1 atom stereocenters. The van der Waals surface area contributed by atoms with E-state index in [0.29, 0.717) is 35.4 Å². The molecule has 4 heterocycles. The maximum atomic E-state index is 13.5. The second-order valence-electron chi connectivity index (χ2n) is 8.88. The minimum atomic E-state index is -4.58. The molecule has 1 aromatic carbocycles. The standard InChI is InChI=1S/C25H22F3N5O3S/c1-3-18(34)32-10-4-5-14(12-32)30-22(35)21-20-19-17(8-9-29-23(19)37-21)33(24(36)31-20)15-7-6-13(2)16(11-15)25(26,27)28/h3,6-9,11,14H,1,4-5,10,12H2,2H3,(H,30,35)(H,31,36). The first kappa shape index (κ1) is 24.8. The Morgan fingerprint density at radius 3 is 2.81 bits per heavy atom. The maximum Gasteiger partial charge on any atom is 0.416 e. The molecule has 192 valence electrons. The Labute approximate surface area is 213 Å². The summed E-state index contributed by atoms with van der Waals surface area (Å²) in [5.74, 6) is -0.632. The molecule has 2 N–H and O–H groups in total. The van der Waals surface area contributed by atoms with Gasteiger partial charge < -0.3 is 15.5 Å². The molecule has 0 spiro atoms. The number of pyridine rings is 1. The van der Waals surface area contributed by atoms with E-state index in [-0.39, 0.29) is 33.8 Å². The summed E-state index contributed by atoms with van der Waals surface area (Å²) >= 11 is 1.08. The first-order valence-corrected chi connectivity index (χ1v) is 12.3.